The Morgan fingerprint density at radius 3 is 2.45 bits per heavy atom. The zero-order chi connectivity index (χ0) is 20.3. The van der Waals surface area contributed by atoms with Gasteiger partial charge in [-0.05, 0) is 42.7 Å². The fraction of sp³-hybridized carbons (Fsp3) is 0.286. The predicted molar refractivity (Wildman–Crippen MR) is 105 cm³/mol. The summed E-state index contributed by atoms with van der Waals surface area (Å²) >= 11 is 3.26. The Labute approximate surface area is 172 Å². The van der Waals surface area contributed by atoms with Gasteiger partial charge in [0.1, 0.15) is 18.1 Å². The van der Waals surface area contributed by atoms with E-state index in [4.69, 9.17) is 9.15 Å². The summed E-state index contributed by atoms with van der Waals surface area (Å²) in [5, 5.41) is 0.121. The topological polar surface area (TPSA) is 42.7 Å². The van der Waals surface area contributed by atoms with E-state index >= 15 is 0 Å². The van der Waals surface area contributed by atoms with Gasteiger partial charge in [-0.25, -0.2) is 0 Å². The molecule has 0 bridgehead atoms. The summed E-state index contributed by atoms with van der Waals surface area (Å²) in [7, 11) is 0. The highest BCUT2D eigenvalue weighted by Crippen LogP contribution is 2.41. The van der Waals surface area contributed by atoms with E-state index in [-0.39, 0.29) is 16.5 Å². The van der Waals surface area contributed by atoms with Gasteiger partial charge in [0.05, 0.1) is 16.5 Å². The second-order valence-corrected chi connectivity index (χ2v) is 8.23. The minimum atomic E-state index is -4.82. The zero-order valence-electron chi connectivity index (χ0n) is 15.1. The smallest absolute Gasteiger partial charge is 0.450 e. The molecule has 2 aromatic carbocycles. The molecule has 0 atom stereocenters. The minimum absolute atomic E-state index is 0.0500. The summed E-state index contributed by atoms with van der Waals surface area (Å²) in [5.41, 5.74) is -0.582. The normalized spacial score (nSPS) is 17.2. The minimum Gasteiger partial charge on any atom is -0.478 e. The Kier molecular flexibility index (Phi) is 4.25. The van der Waals surface area contributed by atoms with Gasteiger partial charge in [0, 0.05) is 17.1 Å². The molecule has 1 fully saturated rings. The lowest BCUT2D eigenvalue weighted by atomic mass is 10.00. The monoisotopic (exact) mass is 465 g/mol. The molecule has 150 valence electrons. The molecule has 4 nitrogen and oxygen atoms in total. The van der Waals surface area contributed by atoms with Crippen LogP contribution in [0, 0.1) is 0 Å². The summed E-state index contributed by atoms with van der Waals surface area (Å²) < 4.78 is 53.5. The number of ether oxygens (including phenoxy) is 1. The molecule has 0 spiro atoms. The number of benzene rings is 2. The fourth-order valence-corrected chi connectivity index (χ4v) is 4.00. The van der Waals surface area contributed by atoms with Crippen molar-refractivity contribution in [3.8, 4) is 16.9 Å². The summed E-state index contributed by atoms with van der Waals surface area (Å²) in [6.45, 7) is 0.783. The van der Waals surface area contributed by atoms with Gasteiger partial charge in [-0.2, -0.15) is 13.2 Å². The van der Waals surface area contributed by atoms with Crippen molar-refractivity contribution in [2.24, 2.45) is 0 Å². The SMILES string of the molecule is O=c1c(-c2ccc(Br)cc2)c(C(F)(F)F)oc2c3c(ccc12)OCN(C1CC1)C3. The van der Waals surface area contributed by atoms with Crippen LogP contribution in [0.4, 0.5) is 13.2 Å². The van der Waals surface area contributed by atoms with Crippen molar-refractivity contribution >= 4 is 26.9 Å². The van der Waals surface area contributed by atoms with Crippen molar-refractivity contribution in [1.29, 1.82) is 0 Å². The maximum atomic E-state index is 13.9. The Morgan fingerprint density at radius 1 is 1.07 bits per heavy atom. The first-order valence-electron chi connectivity index (χ1n) is 9.15. The average molecular weight is 466 g/mol. The molecule has 1 saturated carbocycles. The number of alkyl halides is 3. The van der Waals surface area contributed by atoms with E-state index in [1.807, 2.05) is 0 Å². The second kappa shape index (κ2) is 6.60. The third-order valence-corrected chi connectivity index (χ3v) is 5.85. The standard InChI is InChI=1S/C21H15BrF3NO3/c22-12-3-1-11(2-4-12)17-18(27)14-7-8-16-15(9-26(10-28-16)13-5-6-13)19(14)29-20(17)21(23,24)25/h1-4,7-8,13H,5-6,9-10H2. The van der Waals surface area contributed by atoms with Crippen LogP contribution in [0.3, 0.4) is 0 Å². The molecular formula is C21H15BrF3NO3. The molecular weight excluding hydrogens is 451 g/mol. The third-order valence-electron chi connectivity index (χ3n) is 5.32. The molecule has 1 aliphatic heterocycles. The van der Waals surface area contributed by atoms with Gasteiger partial charge in [0.15, 0.2) is 0 Å². The van der Waals surface area contributed by atoms with Crippen molar-refractivity contribution in [3.63, 3.8) is 0 Å². The maximum Gasteiger partial charge on any atom is 0.450 e. The molecule has 3 aromatic rings. The van der Waals surface area contributed by atoms with Crippen molar-refractivity contribution in [3.05, 3.63) is 62.4 Å². The highest BCUT2D eigenvalue weighted by Gasteiger charge is 2.40. The summed E-state index contributed by atoms with van der Waals surface area (Å²) in [4.78, 5) is 15.2. The van der Waals surface area contributed by atoms with E-state index < -0.39 is 22.9 Å². The number of hydrogen-bond donors (Lipinski definition) is 0. The lowest BCUT2D eigenvalue weighted by Gasteiger charge is -2.29. The predicted octanol–water partition coefficient (Wildman–Crippen LogP) is 5.56. The summed E-state index contributed by atoms with van der Waals surface area (Å²) in [5.74, 6) is -0.823. The fourth-order valence-electron chi connectivity index (χ4n) is 3.73. The second-order valence-electron chi connectivity index (χ2n) is 7.31. The molecule has 2 aliphatic rings. The highest BCUT2D eigenvalue weighted by atomic mass is 79.9. The number of fused-ring (bicyclic) bond motifs is 3. The van der Waals surface area contributed by atoms with Crippen LogP contribution in [-0.2, 0) is 12.7 Å². The average Bonchev–Trinajstić information content (AvgIpc) is 3.53. The van der Waals surface area contributed by atoms with E-state index in [9.17, 15) is 18.0 Å². The largest absolute Gasteiger partial charge is 0.478 e. The Hall–Kier alpha value is -2.32. The quantitative estimate of drug-likeness (QED) is 0.497. The van der Waals surface area contributed by atoms with Crippen molar-refractivity contribution in [2.45, 2.75) is 31.6 Å². The Bertz CT molecular complexity index is 1170. The molecule has 5 rings (SSSR count). The van der Waals surface area contributed by atoms with Gasteiger partial charge in [-0.3, -0.25) is 9.69 Å². The number of rotatable bonds is 2. The van der Waals surface area contributed by atoms with Crippen LogP contribution >= 0.6 is 15.9 Å². The van der Waals surface area contributed by atoms with Crippen LogP contribution in [0.15, 0.2) is 50.1 Å². The van der Waals surface area contributed by atoms with E-state index in [0.29, 0.717) is 35.1 Å². The first-order valence-corrected chi connectivity index (χ1v) is 9.95. The van der Waals surface area contributed by atoms with Crippen molar-refractivity contribution < 1.29 is 22.3 Å². The van der Waals surface area contributed by atoms with Crippen molar-refractivity contribution in [1.82, 2.24) is 4.90 Å². The molecule has 29 heavy (non-hydrogen) atoms. The molecule has 0 unspecified atom stereocenters. The molecule has 2 heterocycles. The number of nitrogens with zero attached hydrogens (tertiary/aromatic N) is 1. The summed E-state index contributed by atoms with van der Waals surface area (Å²) in [6, 6.07) is 9.60. The van der Waals surface area contributed by atoms with E-state index in [0.717, 1.165) is 12.8 Å². The van der Waals surface area contributed by atoms with Crippen LogP contribution in [0.5, 0.6) is 5.75 Å². The molecule has 0 amide bonds. The molecule has 1 aliphatic carbocycles. The van der Waals surface area contributed by atoms with Crippen LogP contribution in [-0.4, -0.2) is 17.7 Å². The maximum absolute atomic E-state index is 13.9. The molecule has 0 saturated heterocycles. The molecule has 8 heteroatoms. The van der Waals surface area contributed by atoms with Crippen LogP contribution in [0.1, 0.15) is 24.2 Å². The van der Waals surface area contributed by atoms with Gasteiger partial charge in [-0.15, -0.1) is 0 Å². The number of hydrogen-bond acceptors (Lipinski definition) is 4. The summed E-state index contributed by atoms with van der Waals surface area (Å²) in [6.07, 6.45) is -2.74. The van der Waals surface area contributed by atoms with Gasteiger partial charge < -0.3 is 9.15 Å². The highest BCUT2D eigenvalue weighted by molar-refractivity contribution is 9.10. The van der Waals surface area contributed by atoms with Crippen LogP contribution in [0.2, 0.25) is 0 Å². The van der Waals surface area contributed by atoms with Gasteiger partial charge in [-0.1, -0.05) is 28.1 Å². The first-order chi connectivity index (χ1) is 13.8. The lowest BCUT2D eigenvalue weighted by Crippen LogP contribution is -2.34. The third kappa shape index (κ3) is 3.24. The van der Waals surface area contributed by atoms with E-state index in [1.165, 1.54) is 18.2 Å². The number of halogens is 4. The first kappa shape index (κ1) is 18.7. The van der Waals surface area contributed by atoms with E-state index in [1.54, 1.807) is 18.2 Å². The van der Waals surface area contributed by atoms with Gasteiger partial charge in [0.25, 0.3) is 0 Å². The van der Waals surface area contributed by atoms with Crippen molar-refractivity contribution in [2.75, 3.05) is 6.73 Å². The van der Waals surface area contributed by atoms with Crippen LogP contribution in [0.25, 0.3) is 22.1 Å². The molecule has 0 N–H and O–H groups in total. The molecule has 0 radical (unpaired) electrons. The Balaban J connectivity index is 1.77. The Morgan fingerprint density at radius 2 is 1.79 bits per heavy atom. The zero-order valence-corrected chi connectivity index (χ0v) is 16.6. The van der Waals surface area contributed by atoms with Gasteiger partial charge in [0.2, 0.25) is 11.2 Å². The van der Waals surface area contributed by atoms with E-state index in [2.05, 4.69) is 20.8 Å². The van der Waals surface area contributed by atoms with Gasteiger partial charge >= 0.3 is 6.18 Å². The van der Waals surface area contributed by atoms with Crippen LogP contribution < -0.4 is 10.2 Å². The molecule has 1 aromatic heterocycles. The lowest BCUT2D eigenvalue weighted by molar-refractivity contribution is -0.152.